The summed E-state index contributed by atoms with van der Waals surface area (Å²) in [6, 6.07) is 5.34. The molecule has 0 aliphatic heterocycles. The average molecular weight is 304 g/mol. The fourth-order valence-corrected chi connectivity index (χ4v) is 3.26. The van der Waals surface area contributed by atoms with Crippen LogP contribution in [0.4, 0.5) is 0 Å². The van der Waals surface area contributed by atoms with E-state index in [0.717, 1.165) is 25.1 Å². The fraction of sp³-hybridized carbons (Fsp3) is 0.667. The Balaban J connectivity index is 1.60. The Labute approximate surface area is 132 Å². The van der Waals surface area contributed by atoms with Gasteiger partial charge < -0.3 is 9.88 Å². The van der Waals surface area contributed by atoms with Gasteiger partial charge >= 0.3 is 0 Å². The van der Waals surface area contributed by atoms with Crippen LogP contribution in [0.1, 0.15) is 57.1 Å². The molecule has 4 nitrogen and oxygen atoms in total. The summed E-state index contributed by atoms with van der Waals surface area (Å²) in [5.41, 5.74) is 1.05. The van der Waals surface area contributed by atoms with Gasteiger partial charge in [-0.3, -0.25) is 9.59 Å². The first kappa shape index (κ1) is 16.8. The van der Waals surface area contributed by atoms with E-state index in [2.05, 4.69) is 5.32 Å². The van der Waals surface area contributed by atoms with Crippen LogP contribution >= 0.6 is 0 Å². The molecule has 1 aromatic rings. The summed E-state index contributed by atoms with van der Waals surface area (Å²) in [6.45, 7) is 3.39. The van der Waals surface area contributed by atoms with E-state index < -0.39 is 0 Å². The van der Waals surface area contributed by atoms with Crippen molar-refractivity contribution in [2.45, 2.75) is 64.8 Å². The highest BCUT2D eigenvalue weighted by atomic mass is 16.1. The minimum Gasteiger partial charge on any atom is -0.356 e. The molecular formula is C18H28N2O2. The molecule has 1 heterocycles. The number of unbranched alkanes of at least 4 members (excludes halogenated alkanes) is 1. The molecule has 2 rings (SSSR count). The van der Waals surface area contributed by atoms with E-state index in [-0.39, 0.29) is 11.5 Å². The zero-order valence-electron chi connectivity index (χ0n) is 13.6. The second kappa shape index (κ2) is 8.76. The first-order valence-electron chi connectivity index (χ1n) is 8.60. The topological polar surface area (TPSA) is 51.1 Å². The second-order valence-electron chi connectivity index (χ2n) is 6.42. The highest BCUT2D eigenvalue weighted by Gasteiger charge is 2.16. The van der Waals surface area contributed by atoms with Crippen LogP contribution in [0.3, 0.4) is 0 Å². The molecule has 0 unspecified atom stereocenters. The summed E-state index contributed by atoms with van der Waals surface area (Å²) in [5, 5.41) is 3.02. The molecule has 0 spiro atoms. The largest absolute Gasteiger partial charge is 0.356 e. The fourth-order valence-electron chi connectivity index (χ4n) is 3.26. The standard InChI is InChI=1S/C18H28N2O2/c1-15-8-7-11-18(22)20(15)13-6-5-12-19-17(21)14-16-9-3-2-4-10-16/h7-8,11,16H,2-6,9-10,12-14H2,1H3,(H,19,21). The van der Waals surface area contributed by atoms with Crippen LogP contribution in [-0.4, -0.2) is 17.0 Å². The van der Waals surface area contributed by atoms with Crippen molar-refractivity contribution in [1.29, 1.82) is 0 Å². The Bertz CT molecular complexity index is 530. The molecule has 1 saturated carbocycles. The Morgan fingerprint density at radius 3 is 2.73 bits per heavy atom. The number of rotatable bonds is 7. The van der Waals surface area contributed by atoms with Crippen molar-refractivity contribution in [2.75, 3.05) is 6.54 Å². The molecule has 22 heavy (non-hydrogen) atoms. The summed E-state index contributed by atoms with van der Waals surface area (Å²) in [7, 11) is 0. The van der Waals surface area contributed by atoms with Gasteiger partial charge in [0.05, 0.1) is 0 Å². The second-order valence-corrected chi connectivity index (χ2v) is 6.42. The summed E-state index contributed by atoms with van der Waals surface area (Å²) < 4.78 is 1.80. The van der Waals surface area contributed by atoms with Crippen LogP contribution in [0.15, 0.2) is 23.0 Å². The minimum atomic E-state index is 0.0568. The number of carbonyl (C=O) groups is 1. The molecule has 4 heteroatoms. The summed E-state index contributed by atoms with van der Waals surface area (Å²) in [6.07, 6.45) is 8.83. The van der Waals surface area contributed by atoms with Crippen molar-refractivity contribution in [3.05, 3.63) is 34.2 Å². The van der Waals surface area contributed by atoms with Crippen LogP contribution in [0, 0.1) is 12.8 Å². The molecule has 0 atom stereocenters. The van der Waals surface area contributed by atoms with Crippen molar-refractivity contribution in [3.63, 3.8) is 0 Å². The van der Waals surface area contributed by atoms with E-state index in [0.29, 0.717) is 18.9 Å². The van der Waals surface area contributed by atoms with Gasteiger partial charge in [-0.1, -0.05) is 25.3 Å². The lowest BCUT2D eigenvalue weighted by Gasteiger charge is -2.20. The maximum atomic E-state index is 11.9. The molecule has 1 amide bonds. The van der Waals surface area contributed by atoms with Gasteiger partial charge in [0.25, 0.3) is 5.56 Å². The highest BCUT2D eigenvalue weighted by molar-refractivity contribution is 5.76. The SMILES string of the molecule is Cc1cccc(=O)n1CCCCNC(=O)CC1CCCCC1. The van der Waals surface area contributed by atoms with E-state index in [1.54, 1.807) is 16.7 Å². The van der Waals surface area contributed by atoms with E-state index in [4.69, 9.17) is 0 Å². The zero-order chi connectivity index (χ0) is 15.8. The van der Waals surface area contributed by atoms with Gasteiger partial charge in [0.15, 0.2) is 0 Å². The van der Waals surface area contributed by atoms with E-state index in [9.17, 15) is 9.59 Å². The zero-order valence-corrected chi connectivity index (χ0v) is 13.6. The number of nitrogens with one attached hydrogen (secondary N) is 1. The summed E-state index contributed by atoms with van der Waals surface area (Å²) >= 11 is 0. The number of aromatic nitrogens is 1. The molecule has 0 bridgehead atoms. The predicted molar refractivity (Wildman–Crippen MR) is 88.9 cm³/mol. The summed E-state index contributed by atoms with van der Waals surface area (Å²) in [5.74, 6) is 0.791. The van der Waals surface area contributed by atoms with Gasteiger partial charge in [0, 0.05) is 31.3 Å². The van der Waals surface area contributed by atoms with Crippen LogP contribution < -0.4 is 10.9 Å². The molecule has 1 aromatic heterocycles. The van der Waals surface area contributed by atoms with Gasteiger partial charge in [-0.05, 0) is 44.6 Å². The lowest BCUT2D eigenvalue weighted by Crippen LogP contribution is -2.27. The number of carbonyl (C=O) groups excluding carboxylic acids is 1. The Kier molecular flexibility index (Phi) is 6.69. The number of aryl methyl sites for hydroxylation is 1. The smallest absolute Gasteiger partial charge is 0.250 e. The van der Waals surface area contributed by atoms with Crippen LogP contribution in [0.5, 0.6) is 0 Å². The number of hydrogen-bond donors (Lipinski definition) is 1. The summed E-state index contributed by atoms with van der Waals surface area (Å²) in [4.78, 5) is 23.6. The first-order valence-corrected chi connectivity index (χ1v) is 8.60. The monoisotopic (exact) mass is 304 g/mol. The van der Waals surface area contributed by atoms with E-state index >= 15 is 0 Å². The predicted octanol–water partition coefficient (Wildman–Crippen LogP) is 3.02. The highest BCUT2D eigenvalue weighted by Crippen LogP contribution is 2.25. The minimum absolute atomic E-state index is 0.0568. The van der Waals surface area contributed by atoms with Gasteiger partial charge in [-0.15, -0.1) is 0 Å². The maximum Gasteiger partial charge on any atom is 0.250 e. The van der Waals surface area contributed by atoms with Gasteiger partial charge in [-0.25, -0.2) is 0 Å². The number of pyridine rings is 1. The number of amides is 1. The average Bonchev–Trinajstić information content (AvgIpc) is 2.50. The van der Waals surface area contributed by atoms with Crippen molar-refractivity contribution < 1.29 is 4.79 Å². The van der Waals surface area contributed by atoms with Crippen molar-refractivity contribution in [3.8, 4) is 0 Å². The lowest BCUT2D eigenvalue weighted by atomic mass is 9.87. The lowest BCUT2D eigenvalue weighted by molar-refractivity contribution is -0.122. The Morgan fingerprint density at radius 2 is 2.00 bits per heavy atom. The molecule has 0 radical (unpaired) electrons. The van der Waals surface area contributed by atoms with Crippen LogP contribution in [0.2, 0.25) is 0 Å². The van der Waals surface area contributed by atoms with Gasteiger partial charge in [-0.2, -0.15) is 0 Å². The quantitative estimate of drug-likeness (QED) is 0.787. The van der Waals surface area contributed by atoms with Crippen LogP contribution in [-0.2, 0) is 11.3 Å². The molecular weight excluding hydrogens is 276 g/mol. The third-order valence-corrected chi connectivity index (χ3v) is 4.60. The van der Waals surface area contributed by atoms with Crippen LogP contribution in [0.25, 0.3) is 0 Å². The molecule has 1 aliphatic carbocycles. The third-order valence-electron chi connectivity index (χ3n) is 4.60. The molecule has 122 valence electrons. The number of nitrogens with zero attached hydrogens (tertiary/aromatic N) is 1. The molecule has 1 N–H and O–H groups in total. The maximum absolute atomic E-state index is 11.9. The van der Waals surface area contributed by atoms with E-state index in [1.807, 2.05) is 13.0 Å². The molecule has 1 aliphatic rings. The van der Waals surface area contributed by atoms with E-state index in [1.165, 1.54) is 32.1 Å². The molecule has 1 fully saturated rings. The Morgan fingerprint density at radius 1 is 1.23 bits per heavy atom. The third kappa shape index (κ3) is 5.32. The van der Waals surface area contributed by atoms with Crippen molar-refractivity contribution in [2.24, 2.45) is 5.92 Å². The van der Waals surface area contributed by atoms with Crippen molar-refractivity contribution >= 4 is 5.91 Å². The Hall–Kier alpha value is -1.58. The van der Waals surface area contributed by atoms with Gasteiger partial charge in [0.1, 0.15) is 0 Å². The van der Waals surface area contributed by atoms with Gasteiger partial charge in [0.2, 0.25) is 5.91 Å². The van der Waals surface area contributed by atoms with Crippen molar-refractivity contribution in [1.82, 2.24) is 9.88 Å². The normalized spacial score (nSPS) is 15.7. The first-order chi connectivity index (χ1) is 10.7. The molecule has 0 aromatic carbocycles. The number of hydrogen-bond acceptors (Lipinski definition) is 2. The molecule has 0 saturated heterocycles.